The van der Waals surface area contributed by atoms with Gasteiger partial charge >= 0.3 is 0 Å². The molecule has 14 heavy (non-hydrogen) atoms. The fourth-order valence-electron chi connectivity index (χ4n) is 2.16. The summed E-state index contributed by atoms with van der Waals surface area (Å²) in [6.07, 6.45) is 3.84. The van der Waals surface area contributed by atoms with Gasteiger partial charge in [-0.3, -0.25) is 10.1 Å². The van der Waals surface area contributed by atoms with Crippen molar-refractivity contribution in [1.29, 1.82) is 0 Å². The molecule has 1 heterocycles. The second-order valence-corrected chi connectivity index (χ2v) is 5.09. The van der Waals surface area contributed by atoms with E-state index in [4.69, 9.17) is 0 Å². The zero-order chi connectivity index (χ0) is 10.3. The van der Waals surface area contributed by atoms with Crippen LogP contribution in [0.3, 0.4) is 0 Å². The van der Waals surface area contributed by atoms with Crippen molar-refractivity contribution in [2.45, 2.75) is 52.2 Å². The molecule has 3 nitrogen and oxygen atoms in total. The Kier molecular flexibility index (Phi) is 2.30. The predicted molar refractivity (Wildman–Crippen MR) is 55.7 cm³/mol. The molecule has 0 bridgehead atoms. The summed E-state index contributed by atoms with van der Waals surface area (Å²) in [6, 6.07) is 0.0160. The molecule has 1 saturated heterocycles. The summed E-state index contributed by atoms with van der Waals surface area (Å²) in [5.74, 6) is 0.282. The van der Waals surface area contributed by atoms with Gasteiger partial charge in [0, 0.05) is 6.54 Å². The molecule has 0 spiro atoms. The van der Waals surface area contributed by atoms with E-state index in [0.717, 1.165) is 13.0 Å². The highest BCUT2D eigenvalue weighted by atomic mass is 16.2. The van der Waals surface area contributed by atoms with Gasteiger partial charge in [0.25, 0.3) is 0 Å². The number of carbonyl (C=O) groups is 1. The summed E-state index contributed by atoms with van der Waals surface area (Å²) < 4.78 is 0. The van der Waals surface area contributed by atoms with E-state index in [0.29, 0.717) is 5.41 Å². The summed E-state index contributed by atoms with van der Waals surface area (Å²) in [5.41, 5.74) is 0.425. The highest BCUT2D eigenvalue weighted by molar-refractivity contribution is 5.83. The third-order valence-corrected chi connectivity index (χ3v) is 3.51. The molecule has 3 heteroatoms. The summed E-state index contributed by atoms with van der Waals surface area (Å²) in [5, 5.41) is 3.33. The van der Waals surface area contributed by atoms with E-state index in [2.05, 4.69) is 19.2 Å². The van der Waals surface area contributed by atoms with Gasteiger partial charge in [0.05, 0.1) is 12.2 Å². The Labute approximate surface area is 85.8 Å². The molecule has 1 amide bonds. The number of hydrogen-bond acceptors (Lipinski definition) is 2. The lowest BCUT2D eigenvalue weighted by molar-refractivity contribution is -0.130. The predicted octanol–water partition coefficient (Wildman–Crippen LogP) is 1.34. The molecule has 0 aromatic carbocycles. The van der Waals surface area contributed by atoms with E-state index >= 15 is 0 Å². The van der Waals surface area contributed by atoms with Gasteiger partial charge in [-0.05, 0) is 31.6 Å². The first-order valence-corrected chi connectivity index (χ1v) is 5.62. The highest BCUT2D eigenvalue weighted by Crippen LogP contribution is 2.46. The molecular weight excluding hydrogens is 176 g/mol. The average molecular weight is 196 g/mol. The van der Waals surface area contributed by atoms with Crippen LogP contribution in [0.15, 0.2) is 0 Å². The normalized spacial score (nSPS) is 35.1. The third kappa shape index (κ3) is 1.65. The van der Waals surface area contributed by atoms with Gasteiger partial charge in [-0.1, -0.05) is 13.8 Å². The molecule has 1 aliphatic carbocycles. The Hall–Kier alpha value is -0.570. The van der Waals surface area contributed by atoms with Gasteiger partial charge in [0.1, 0.15) is 0 Å². The van der Waals surface area contributed by atoms with Crippen molar-refractivity contribution >= 4 is 5.91 Å². The molecule has 80 valence electrons. The summed E-state index contributed by atoms with van der Waals surface area (Å²) in [7, 11) is 0. The number of nitrogens with zero attached hydrogens (tertiary/aromatic N) is 1. The van der Waals surface area contributed by atoms with Crippen LogP contribution in [0.2, 0.25) is 0 Å². The second-order valence-electron chi connectivity index (χ2n) is 5.09. The van der Waals surface area contributed by atoms with Gasteiger partial charge in [0.2, 0.25) is 5.91 Å². The Balaban J connectivity index is 2.03. The minimum Gasteiger partial charge on any atom is -0.325 e. The van der Waals surface area contributed by atoms with Crippen LogP contribution in [0.4, 0.5) is 0 Å². The number of carbonyl (C=O) groups excluding carboxylic acids is 1. The van der Waals surface area contributed by atoms with Gasteiger partial charge in [0.15, 0.2) is 0 Å². The van der Waals surface area contributed by atoms with Crippen molar-refractivity contribution in [3.8, 4) is 0 Å². The molecule has 1 aliphatic heterocycles. The van der Waals surface area contributed by atoms with Crippen molar-refractivity contribution in [2.24, 2.45) is 5.41 Å². The zero-order valence-corrected chi connectivity index (χ0v) is 9.34. The zero-order valence-electron chi connectivity index (χ0n) is 9.34. The van der Waals surface area contributed by atoms with Crippen molar-refractivity contribution < 1.29 is 4.79 Å². The van der Waals surface area contributed by atoms with Crippen LogP contribution in [-0.2, 0) is 4.79 Å². The standard InChI is InChI=1S/C11H20N2O/c1-4-9-12-8(2)10(14)13(9)7-11(3)5-6-11/h8-9,12H,4-7H2,1-3H3. The molecule has 2 unspecified atom stereocenters. The summed E-state index contributed by atoms with van der Waals surface area (Å²) >= 11 is 0. The lowest BCUT2D eigenvalue weighted by Gasteiger charge is -2.26. The summed E-state index contributed by atoms with van der Waals surface area (Å²) in [6.45, 7) is 7.31. The van der Waals surface area contributed by atoms with E-state index in [-0.39, 0.29) is 18.1 Å². The Morgan fingerprint density at radius 3 is 2.71 bits per heavy atom. The van der Waals surface area contributed by atoms with E-state index in [1.165, 1.54) is 12.8 Å². The fourth-order valence-corrected chi connectivity index (χ4v) is 2.16. The fraction of sp³-hybridized carbons (Fsp3) is 0.909. The van der Waals surface area contributed by atoms with Crippen molar-refractivity contribution in [1.82, 2.24) is 10.2 Å². The lowest BCUT2D eigenvalue weighted by atomic mass is 10.1. The van der Waals surface area contributed by atoms with Crippen LogP contribution in [0, 0.1) is 5.41 Å². The number of rotatable bonds is 3. The monoisotopic (exact) mass is 196 g/mol. The number of nitrogens with one attached hydrogen (secondary N) is 1. The largest absolute Gasteiger partial charge is 0.325 e. The van der Waals surface area contributed by atoms with E-state index in [9.17, 15) is 4.79 Å². The van der Waals surface area contributed by atoms with Crippen LogP contribution < -0.4 is 5.32 Å². The minimum absolute atomic E-state index is 0.0160. The van der Waals surface area contributed by atoms with Crippen LogP contribution in [0.25, 0.3) is 0 Å². The van der Waals surface area contributed by atoms with Crippen molar-refractivity contribution in [3.05, 3.63) is 0 Å². The molecule has 2 rings (SSSR count). The summed E-state index contributed by atoms with van der Waals surface area (Å²) in [4.78, 5) is 13.9. The Bertz CT molecular complexity index is 248. The van der Waals surface area contributed by atoms with Crippen molar-refractivity contribution in [2.75, 3.05) is 6.54 Å². The Morgan fingerprint density at radius 2 is 2.21 bits per heavy atom. The van der Waals surface area contributed by atoms with Crippen LogP contribution in [-0.4, -0.2) is 29.6 Å². The first-order chi connectivity index (χ1) is 6.56. The smallest absolute Gasteiger partial charge is 0.240 e. The molecule has 1 saturated carbocycles. The molecule has 0 radical (unpaired) electrons. The van der Waals surface area contributed by atoms with Crippen LogP contribution in [0.1, 0.15) is 40.0 Å². The van der Waals surface area contributed by atoms with Crippen LogP contribution in [0.5, 0.6) is 0 Å². The van der Waals surface area contributed by atoms with Gasteiger partial charge < -0.3 is 4.90 Å². The highest BCUT2D eigenvalue weighted by Gasteiger charge is 2.44. The molecule has 0 aromatic rings. The molecule has 2 atom stereocenters. The van der Waals surface area contributed by atoms with E-state index < -0.39 is 0 Å². The van der Waals surface area contributed by atoms with Gasteiger partial charge in [-0.15, -0.1) is 0 Å². The first kappa shape index (κ1) is 9.97. The first-order valence-electron chi connectivity index (χ1n) is 5.62. The quantitative estimate of drug-likeness (QED) is 0.739. The molecular formula is C11H20N2O. The maximum Gasteiger partial charge on any atom is 0.240 e. The molecule has 2 fully saturated rings. The van der Waals surface area contributed by atoms with Crippen LogP contribution >= 0.6 is 0 Å². The van der Waals surface area contributed by atoms with Gasteiger partial charge in [-0.25, -0.2) is 0 Å². The maximum atomic E-state index is 11.8. The third-order valence-electron chi connectivity index (χ3n) is 3.51. The number of amides is 1. The SMILES string of the molecule is CCC1NC(C)C(=O)N1CC1(C)CC1. The average Bonchev–Trinajstić information content (AvgIpc) is 2.82. The van der Waals surface area contributed by atoms with E-state index in [1.54, 1.807) is 0 Å². The molecule has 0 aromatic heterocycles. The van der Waals surface area contributed by atoms with Crippen molar-refractivity contribution in [3.63, 3.8) is 0 Å². The lowest BCUT2D eigenvalue weighted by Crippen LogP contribution is -2.40. The van der Waals surface area contributed by atoms with E-state index in [1.807, 2.05) is 11.8 Å². The molecule has 1 N–H and O–H groups in total. The Morgan fingerprint density at radius 1 is 1.57 bits per heavy atom. The maximum absolute atomic E-state index is 11.8. The minimum atomic E-state index is 0.0160. The second kappa shape index (κ2) is 3.23. The molecule has 2 aliphatic rings. The van der Waals surface area contributed by atoms with Gasteiger partial charge in [-0.2, -0.15) is 0 Å². The topological polar surface area (TPSA) is 32.3 Å². The number of hydrogen-bond donors (Lipinski definition) is 1.